The number of carbonyl (C=O) groups excluding carboxylic acids is 1. The maximum atomic E-state index is 12.0. The Labute approximate surface area is 124 Å². The van der Waals surface area contributed by atoms with Crippen molar-refractivity contribution in [1.82, 2.24) is 14.9 Å². The lowest BCUT2D eigenvalue weighted by Gasteiger charge is -2.14. The number of imidazole rings is 1. The maximum absolute atomic E-state index is 12.0. The molecule has 0 spiro atoms. The monoisotopic (exact) mass is 284 g/mol. The van der Waals surface area contributed by atoms with Crippen LogP contribution in [0.1, 0.15) is 19.8 Å². The van der Waals surface area contributed by atoms with Crippen LogP contribution in [-0.2, 0) is 7.05 Å². The second-order valence-electron chi connectivity index (χ2n) is 5.67. The van der Waals surface area contributed by atoms with Gasteiger partial charge in [-0.05, 0) is 37.8 Å². The number of hydrogen-bond acceptors (Lipinski definition) is 2. The molecule has 1 aromatic heterocycles. The Morgan fingerprint density at radius 3 is 2.90 bits per heavy atom. The number of aryl methyl sites for hydroxylation is 1. The Kier molecular flexibility index (Phi) is 3.64. The average Bonchev–Trinajstić information content (AvgIpc) is 3.21. The topological polar surface area (TPSA) is 59.0 Å². The van der Waals surface area contributed by atoms with Gasteiger partial charge in [0.15, 0.2) is 0 Å². The molecule has 3 rings (SSSR count). The highest BCUT2D eigenvalue weighted by Gasteiger charge is 2.28. The molecule has 1 heterocycles. The minimum absolute atomic E-state index is 0.147. The molecule has 0 saturated heterocycles. The van der Waals surface area contributed by atoms with Crippen LogP contribution in [0, 0.1) is 5.92 Å². The molecule has 5 heteroatoms. The summed E-state index contributed by atoms with van der Waals surface area (Å²) < 4.78 is 1.95. The van der Waals surface area contributed by atoms with Crippen molar-refractivity contribution in [2.45, 2.75) is 25.8 Å². The first-order chi connectivity index (χ1) is 10.1. The highest BCUT2D eigenvalue weighted by Crippen LogP contribution is 2.32. The Morgan fingerprint density at radius 1 is 1.43 bits per heavy atom. The predicted octanol–water partition coefficient (Wildman–Crippen LogP) is 3.01. The SMILES string of the molecule is C[C@H](NC(=O)Nc1cccc(-c2nccn2C)c1)C1CC1. The summed E-state index contributed by atoms with van der Waals surface area (Å²) >= 11 is 0. The molecule has 2 amide bonds. The molecule has 1 saturated carbocycles. The molecule has 2 aromatic rings. The summed E-state index contributed by atoms with van der Waals surface area (Å²) in [5.41, 5.74) is 1.76. The summed E-state index contributed by atoms with van der Waals surface area (Å²) in [6.07, 6.45) is 6.10. The molecule has 1 fully saturated rings. The van der Waals surface area contributed by atoms with E-state index in [-0.39, 0.29) is 12.1 Å². The molecule has 0 unspecified atom stereocenters. The fraction of sp³-hybridized carbons (Fsp3) is 0.375. The molecule has 0 aliphatic heterocycles. The van der Waals surface area contributed by atoms with Crippen molar-refractivity contribution < 1.29 is 4.79 Å². The number of urea groups is 1. The van der Waals surface area contributed by atoms with Crippen molar-refractivity contribution in [2.75, 3.05) is 5.32 Å². The lowest BCUT2D eigenvalue weighted by atomic mass is 10.2. The summed E-state index contributed by atoms with van der Waals surface area (Å²) in [6.45, 7) is 2.06. The molecule has 0 bridgehead atoms. The molecule has 5 nitrogen and oxygen atoms in total. The molecule has 1 aromatic carbocycles. The first kappa shape index (κ1) is 13.7. The van der Waals surface area contributed by atoms with Gasteiger partial charge in [-0.2, -0.15) is 0 Å². The third-order valence-electron chi connectivity index (χ3n) is 3.89. The number of aromatic nitrogens is 2. The maximum Gasteiger partial charge on any atom is 0.319 e. The van der Waals surface area contributed by atoms with Crippen LogP contribution in [0.3, 0.4) is 0 Å². The number of anilines is 1. The number of amides is 2. The summed E-state index contributed by atoms with van der Waals surface area (Å²) in [4.78, 5) is 16.3. The zero-order valence-corrected chi connectivity index (χ0v) is 12.3. The fourth-order valence-corrected chi connectivity index (χ4v) is 2.47. The van der Waals surface area contributed by atoms with Gasteiger partial charge in [-0.3, -0.25) is 0 Å². The van der Waals surface area contributed by atoms with Crippen LogP contribution in [0.25, 0.3) is 11.4 Å². The molecule has 1 atom stereocenters. The second kappa shape index (κ2) is 5.60. The first-order valence-corrected chi connectivity index (χ1v) is 7.29. The van der Waals surface area contributed by atoms with E-state index in [1.807, 2.05) is 42.1 Å². The molecule has 1 aliphatic rings. The van der Waals surface area contributed by atoms with Crippen LogP contribution in [0.2, 0.25) is 0 Å². The van der Waals surface area contributed by atoms with E-state index >= 15 is 0 Å². The van der Waals surface area contributed by atoms with E-state index in [9.17, 15) is 4.79 Å². The van der Waals surface area contributed by atoms with Gasteiger partial charge in [0.2, 0.25) is 0 Å². The van der Waals surface area contributed by atoms with Crippen LogP contribution in [0.5, 0.6) is 0 Å². The highest BCUT2D eigenvalue weighted by molar-refractivity contribution is 5.90. The highest BCUT2D eigenvalue weighted by atomic mass is 16.2. The number of nitrogens with zero attached hydrogens (tertiary/aromatic N) is 2. The van der Waals surface area contributed by atoms with Crippen molar-refractivity contribution >= 4 is 11.7 Å². The van der Waals surface area contributed by atoms with Crippen LogP contribution in [0.4, 0.5) is 10.5 Å². The third-order valence-corrected chi connectivity index (χ3v) is 3.89. The van der Waals surface area contributed by atoms with Crippen LogP contribution >= 0.6 is 0 Å². The molecule has 110 valence electrons. The van der Waals surface area contributed by atoms with Gasteiger partial charge in [0.25, 0.3) is 0 Å². The average molecular weight is 284 g/mol. The molecular weight excluding hydrogens is 264 g/mol. The summed E-state index contributed by atoms with van der Waals surface area (Å²) in [6, 6.07) is 7.81. The summed E-state index contributed by atoms with van der Waals surface area (Å²) in [5.74, 6) is 1.53. The lowest BCUT2D eigenvalue weighted by molar-refractivity contribution is 0.248. The zero-order valence-electron chi connectivity index (χ0n) is 12.3. The fourth-order valence-electron chi connectivity index (χ4n) is 2.47. The van der Waals surface area contributed by atoms with Gasteiger partial charge in [0.05, 0.1) is 0 Å². The lowest BCUT2D eigenvalue weighted by Crippen LogP contribution is -2.37. The van der Waals surface area contributed by atoms with Crippen molar-refractivity contribution in [2.24, 2.45) is 13.0 Å². The molecule has 0 radical (unpaired) electrons. The Balaban J connectivity index is 1.68. The van der Waals surface area contributed by atoms with E-state index in [0.717, 1.165) is 17.1 Å². The summed E-state index contributed by atoms with van der Waals surface area (Å²) in [5, 5.41) is 5.88. The smallest absolute Gasteiger partial charge is 0.319 e. The van der Waals surface area contributed by atoms with Gasteiger partial charge < -0.3 is 15.2 Å². The van der Waals surface area contributed by atoms with Crippen LogP contribution < -0.4 is 10.6 Å². The van der Waals surface area contributed by atoms with E-state index in [1.165, 1.54) is 12.8 Å². The van der Waals surface area contributed by atoms with Gasteiger partial charge in [-0.15, -0.1) is 0 Å². The number of benzene rings is 1. The largest absolute Gasteiger partial charge is 0.335 e. The Hall–Kier alpha value is -2.30. The minimum Gasteiger partial charge on any atom is -0.335 e. The molecule has 1 aliphatic carbocycles. The Morgan fingerprint density at radius 2 is 2.24 bits per heavy atom. The molecule has 21 heavy (non-hydrogen) atoms. The first-order valence-electron chi connectivity index (χ1n) is 7.29. The van der Waals surface area contributed by atoms with E-state index in [0.29, 0.717) is 5.92 Å². The number of hydrogen-bond donors (Lipinski definition) is 2. The third kappa shape index (κ3) is 3.24. The van der Waals surface area contributed by atoms with Gasteiger partial charge in [0.1, 0.15) is 5.82 Å². The Bertz CT molecular complexity index is 645. The van der Waals surface area contributed by atoms with Crippen molar-refractivity contribution in [3.05, 3.63) is 36.7 Å². The van der Waals surface area contributed by atoms with Gasteiger partial charge in [-0.1, -0.05) is 12.1 Å². The van der Waals surface area contributed by atoms with E-state index in [2.05, 4.69) is 22.5 Å². The van der Waals surface area contributed by atoms with Crippen molar-refractivity contribution in [3.63, 3.8) is 0 Å². The van der Waals surface area contributed by atoms with Crippen LogP contribution in [0.15, 0.2) is 36.7 Å². The molecular formula is C16H20N4O. The minimum atomic E-state index is -0.147. The number of nitrogens with one attached hydrogen (secondary N) is 2. The summed E-state index contributed by atoms with van der Waals surface area (Å²) in [7, 11) is 1.95. The number of rotatable bonds is 4. The van der Waals surface area contributed by atoms with Gasteiger partial charge >= 0.3 is 6.03 Å². The van der Waals surface area contributed by atoms with E-state index < -0.39 is 0 Å². The van der Waals surface area contributed by atoms with E-state index in [1.54, 1.807) is 6.20 Å². The van der Waals surface area contributed by atoms with Gasteiger partial charge in [-0.25, -0.2) is 9.78 Å². The van der Waals surface area contributed by atoms with E-state index in [4.69, 9.17) is 0 Å². The van der Waals surface area contributed by atoms with Crippen molar-refractivity contribution in [3.8, 4) is 11.4 Å². The quantitative estimate of drug-likeness (QED) is 0.906. The van der Waals surface area contributed by atoms with Crippen LogP contribution in [-0.4, -0.2) is 21.6 Å². The number of carbonyl (C=O) groups is 1. The molecule has 2 N–H and O–H groups in total. The second-order valence-corrected chi connectivity index (χ2v) is 5.67. The van der Waals surface area contributed by atoms with Crippen molar-refractivity contribution in [1.29, 1.82) is 0 Å². The normalized spacial score (nSPS) is 15.5. The zero-order chi connectivity index (χ0) is 14.8. The predicted molar refractivity (Wildman–Crippen MR) is 83.0 cm³/mol. The standard InChI is InChI=1S/C16H20N4O/c1-11(12-6-7-12)18-16(21)19-14-5-3-4-13(10-14)15-17-8-9-20(15)2/h3-5,8-12H,6-7H2,1-2H3,(H2,18,19,21)/t11-/m0/s1. The van der Waals surface area contributed by atoms with Gasteiger partial charge in [0, 0.05) is 36.7 Å².